The van der Waals surface area contributed by atoms with Gasteiger partial charge in [-0.2, -0.15) is 13.2 Å². The van der Waals surface area contributed by atoms with Crippen LogP contribution in [0.25, 0.3) is 6.08 Å². The molecule has 1 aromatic rings. The maximum absolute atomic E-state index is 13.6. The van der Waals surface area contributed by atoms with Crippen LogP contribution in [0.1, 0.15) is 5.56 Å². The van der Waals surface area contributed by atoms with Gasteiger partial charge in [0, 0.05) is 10.6 Å². The highest BCUT2D eigenvalue weighted by Gasteiger charge is 2.53. The number of alkyl halides is 3. The Morgan fingerprint density at radius 1 is 1.16 bits per heavy atom. The first-order chi connectivity index (χ1) is 14.5. The van der Waals surface area contributed by atoms with Crippen molar-refractivity contribution in [1.29, 1.82) is 0 Å². The zero-order chi connectivity index (χ0) is 22.5. The van der Waals surface area contributed by atoms with Crippen LogP contribution in [0.2, 0.25) is 10.0 Å². The minimum absolute atomic E-state index is 0.0714. The Labute approximate surface area is 181 Å². The third kappa shape index (κ3) is 4.25. The number of carbonyl (C=O) groups excluding carboxylic acids is 1. The van der Waals surface area contributed by atoms with Crippen molar-refractivity contribution in [3.05, 3.63) is 43.4 Å². The second-order valence-corrected chi connectivity index (χ2v) is 7.70. The topological polar surface area (TPSA) is 106 Å². The predicted molar refractivity (Wildman–Crippen MR) is 96.1 cm³/mol. The SMILES string of the molecule is O=C(O[C@H]1CO[C@H]2[C@@H]1OC[C@H]2O[N+](=O)[O-])C1=Cc2cc(Cl)cc(Cl)c2O[C@@H]1C(F)(F)F. The molecular weight excluding hydrogens is 474 g/mol. The van der Waals surface area contributed by atoms with Crippen LogP contribution in [0.5, 0.6) is 5.75 Å². The molecule has 0 spiro atoms. The van der Waals surface area contributed by atoms with Crippen molar-refractivity contribution in [1.82, 2.24) is 0 Å². The number of carbonyl (C=O) groups is 1. The molecule has 0 bridgehead atoms. The van der Waals surface area contributed by atoms with Crippen molar-refractivity contribution in [3.63, 3.8) is 0 Å². The Hall–Kier alpha value is -2.28. The lowest BCUT2D eigenvalue weighted by molar-refractivity contribution is -0.769. The van der Waals surface area contributed by atoms with Crippen LogP contribution in [0.3, 0.4) is 0 Å². The average molecular weight is 486 g/mol. The molecule has 5 atom stereocenters. The van der Waals surface area contributed by atoms with Gasteiger partial charge in [0.2, 0.25) is 6.10 Å². The molecule has 0 aromatic heterocycles. The maximum Gasteiger partial charge on any atom is 0.430 e. The van der Waals surface area contributed by atoms with Gasteiger partial charge >= 0.3 is 12.1 Å². The minimum atomic E-state index is -4.95. The highest BCUT2D eigenvalue weighted by atomic mass is 35.5. The van der Waals surface area contributed by atoms with E-state index in [4.69, 9.17) is 42.1 Å². The number of fused-ring (bicyclic) bond motifs is 2. The van der Waals surface area contributed by atoms with Crippen molar-refractivity contribution in [2.45, 2.75) is 36.7 Å². The molecule has 0 aliphatic carbocycles. The summed E-state index contributed by atoms with van der Waals surface area (Å²) in [7, 11) is 0. The van der Waals surface area contributed by atoms with Crippen molar-refractivity contribution in [2.24, 2.45) is 0 Å². The highest BCUT2D eigenvalue weighted by molar-refractivity contribution is 6.36. The van der Waals surface area contributed by atoms with E-state index in [1.165, 1.54) is 12.1 Å². The van der Waals surface area contributed by atoms with Crippen LogP contribution in [0, 0.1) is 10.1 Å². The van der Waals surface area contributed by atoms with Gasteiger partial charge in [0.15, 0.2) is 12.2 Å². The minimum Gasteiger partial charge on any atom is -0.474 e. The molecule has 0 N–H and O–H groups in total. The standard InChI is InChI=1S/C17H12Cl2F3NO8/c18-7-1-6-2-8(15(17(20,21)22)30-12(6)9(19)3-7)16(24)29-10-4-27-14-11(31-23(25)26)5-28-13(10)14/h1-3,10-11,13-15H,4-5H2/t10-,11+,13+,14+,15-/m0/s1. The van der Waals surface area contributed by atoms with Crippen molar-refractivity contribution in [2.75, 3.05) is 13.2 Å². The molecule has 3 aliphatic rings. The normalized spacial score (nSPS) is 29.5. The maximum atomic E-state index is 13.6. The molecule has 0 unspecified atom stereocenters. The summed E-state index contributed by atoms with van der Waals surface area (Å²) in [6.45, 7) is -0.441. The zero-order valence-corrected chi connectivity index (χ0v) is 16.6. The fraction of sp³-hybridized carbons (Fsp3) is 0.471. The van der Waals surface area contributed by atoms with Gasteiger partial charge in [-0.05, 0) is 18.2 Å². The Kier molecular flexibility index (Phi) is 5.66. The fourth-order valence-corrected chi connectivity index (χ4v) is 4.14. The lowest BCUT2D eigenvalue weighted by Gasteiger charge is -2.29. The summed E-state index contributed by atoms with van der Waals surface area (Å²) in [4.78, 5) is 27.6. The van der Waals surface area contributed by atoms with Crippen LogP contribution in [0.4, 0.5) is 13.2 Å². The molecule has 4 rings (SSSR count). The predicted octanol–water partition coefficient (Wildman–Crippen LogP) is 2.99. The van der Waals surface area contributed by atoms with Gasteiger partial charge in [0.05, 0.1) is 23.8 Å². The van der Waals surface area contributed by atoms with E-state index in [1.807, 2.05) is 0 Å². The lowest BCUT2D eigenvalue weighted by Crippen LogP contribution is -2.42. The second kappa shape index (κ2) is 8.01. The summed E-state index contributed by atoms with van der Waals surface area (Å²) in [6, 6.07) is 2.50. The molecule has 168 valence electrons. The first kappa shape index (κ1) is 21.9. The molecule has 9 nitrogen and oxygen atoms in total. The summed E-state index contributed by atoms with van der Waals surface area (Å²) in [6.07, 6.45) is -10.6. The number of hydrogen-bond acceptors (Lipinski definition) is 8. The second-order valence-electron chi connectivity index (χ2n) is 6.85. The molecule has 1 aromatic carbocycles. The van der Waals surface area contributed by atoms with E-state index >= 15 is 0 Å². The molecule has 3 aliphatic heterocycles. The van der Waals surface area contributed by atoms with Gasteiger partial charge in [-0.25, -0.2) is 4.79 Å². The Morgan fingerprint density at radius 2 is 1.81 bits per heavy atom. The molecular formula is C17H12Cl2F3NO8. The summed E-state index contributed by atoms with van der Waals surface area (Å²) >= 11 is 11.8. The summed E-state index contributed by atoms with van der Waals surface area (Å²) < 4.78 is 61.6. The average Bonchev–Trinajstić information content (AvgIpc) is 3.23. The van der Waals surface area contributed by atoms with E-state index in [9.17, 15) is 28.1 Å². The van der Waals surface area contributed by atoms with Gasteiger partial charge in [-0.3, -0.25) is 0 Å². The molecule has 31 heavy (non-hydrogen) atoms. The van der Waals surface area contributed by atoms with Gasteiger partial charge in [-0.1, -0.05) is 23.2 Å². The number of rotatable bonds is 4. The summed E-state index contributed by atoms with van der Waals surface area (Å²) in [5.41, 5.74) is -0.750. The van der Waals surface area contributed by atoms with Crippen LogP contribution in [-0.2, 0) is 23.8 Å². The molecule has 0 saturated carbocycles. The number of ether oxygens (including phenoxy) is 4. The third-order valence-electron chi connectivity index (χ3n) is 4.84. The number of nitrogens with zero attached hydrogens (tertiary/aromatic N) is 1. The molecule has 3 heterocycles. The van der Waals surface area contributed by atoms with Crippen LogP contribution in [-0.4, -0.2) is 61.0 Å². The number of benzene rings is 1. The third-order valence-corrected chi connectivity index (χ3v) is 5.34. The van der Waals surface area contributed by atoms with Crippen LogP contribution >= 0.6 is 23.2 Å². The van der Waals surface area contributed by atoms with E-state index in [1.54, 1.807) is 0 Å². The van der Waals surface area contributed by atoms with Crippen molar-refractivity contribution >= 4 is 35.2 Å². The first-order valence-electron chi connectivity index (χ1n) is 8.74. The van der Waals surface area contributed by atoms with Gasteiger partial charge in [-0.15, -0.1) is 10.1 Å². The number of esters is 1. The zero-order valence-electron chi connectivity index (χ0n) is 15.1. The van der Waals surface area contributed by atoms with E-state index in [0.717, 1.165) is 6.08 Å². The van der Waals surface area contributed by atoms with Crippen LogP contribution < -0.4 is 4.74 Å². The quantitative estimate of drug-likeness (QED) is 0.364. The van der Waals surface area contributed by atoms with Gasteiger partial charge < -0.3 is 23.8 Å². The molecule has 0 radical (unpaired) electrons. The van der Waals surface area contributed by atoms with E-state index in [0.29, 0.717) is 0 Å². The summed E-state index contributed by atoms with van der Waals surface area (Å²) in [5.74, 6) is -1.59. The van der Waals surface area contributed by atoms with Gasteiger partial charge in [0.1, 0.15) is 18.0 Å². The monoisotopic (exact) mass is 485 g/mol. The van der Waals surface area contributed by atoms with Crippen LogP contribution in [0.15, 0.2) is 17.7 Å². The van der Waals surface area contributed by atoms with E-state index in [-0.39, 0.29) is 34.6 Å². The Morgan fingerprint density at radius 3 is 2.45 bits per heavy atom. The Balaban J connectivity index is 1.56. The van der Waals surface area contributed by atoms with Crippen molar-refractivity contribution < 1.29 is 46.8 Å². The highest BCUT2D eigenvalue weighted by Crippen LogP contribution is 2.43. The van der Waals surface area contributed by atoms with E-state index in [2.05, 4.69) is 4.84 Å². The Bertz CT molecular complexity index is 956. The molecule has 14 heteroatoms. The molecule has 2 saturated heterocycles. The fourth-order valence-electron chi connectivity index (χ4n) is 3.58. The first-order valence-corrected chi connectivity index (χ1v) is 9.49. The lowest BCUT2D eigenvalue weighted by atomic mass is 10.0. The van der Waals surface area contributed by atoms with E-state index < -0.39 is 53.3 Å². The van der Waals surface area contributed by atoms with Gasteiger partial charge in [0.25, 0.3) is 5.09 Å². The summed E-state index contributed by atoms with van der Waals surface area (Å²) in [5, 5.41) is 9.50. The molecule has 0 amide bonds. The number of hydrogen-bond donors (Lipinski definition) is 0. The smallest absolute Gasteiger partial charge is 0.430 e. The largest absolute Gasteiger partial charge is 0.474 e. The molecule has 2 fully saturated rings. The van der Waals surface area contributed by atoms with Crippen molar-refractivity contribution in [3.8, 4) is 5.75 Å². The number of halogens is 5.